The third-order valence-electron chi connectivity index (χ3n) is 4.31. The molecule has 4 rings (SSSR count). The molecule has 0 aliphatic rings. The molecule has 0 saturated heterocycles. The van der Waals surface area contributed by atoms with E-state index in [1.165, 1.54) is 27.8 Å². The first-order valence-electron chi connectivity index (χ1n) is 9.58. The third-order valence-corrected chi connectivity index (χ3v) is 6.16. The second-order valence-corrected chi connectivity index (χ2v) is 8.30. The minimum atomic E-state index is -0.213. The van der Waals surface area contributed by atoms with Gasteiger partial charge in [-0.05, 0) is 47.7 Å². The number of ether oxygens (including phenoxy) is 3. The smallest absolute Gasteiger partial charge is 0.236 e. The molecule has 4 aromatic rings. The van der Waals surface area contributed by atoms with Crippen LogP contribution in [-0.4, -0.2) is 57.7 Å². The van der Waals surface area contributed by atoms with Crippen LogP contribution in [0.5, 0.6) is 17.2 Å². The van der Waals surface area contributed by atoms with Gasteiger partial charge < -0.3 is 19.5 Å². The van der Waals surface area contributed by atoms with Crippen LogP contribution < -0.4 is 19.5 Å². The zero-order chi connectivity index (χ0) is 22.5. The van der Waals surface area contributed by atoms with E-state index >= 15 is 0 Å². The molecule has 0 spiro atoms. The summed E-state index contributed by atoms with van der Waals surface area (Å²) in [7, 11) is 3.13. The molecule has 0 radical (unpaired) electrons. The molecule has 2 heterocycles. The van der Waals surface area contributed by atoms with Gasteiger partial charge in [-0.25, -0.2) is 4.98 Å². The van der Waals surface area contributed by atoms with Crippen molar-refractivity contribution in [2.75, 3.05) is 31.9 Å². The molecule has 12 heteroatoms. The average Bonchev–Trinajstić information content (AvgIpc) is 3.43. The highest BCUT2D eigenvalue weighted by molar-refractivity contribution is 7.99. The number of carbonyl (C=O) groups excluding carboxylic acids is 1. The van der Waals surface area contributed by atoms with Gasteiger partial charge in [0.05, 0.1) is 36.8 Å². The van der Waals surface area contributed by atoms with Gasteiger partial charge in [0.2, 0.25) is 11.1 Å². The van der Waals surface area contributed by atoms with E-state index < -0.39 is 0 Å². The number of anilines is 1. The molecule has 0 aliphatic carbocycles. The molecule has 0 unspecified atom stereocenters. The van der Waals surface area contributed by atoms with Crippen molar-refractivity contribution < 1.29 is 19.0 Å². The Balaban J connectivity index is 1.43. The first-order chi connectivity index (χ1) is 15.6. The largest absolute Gasteiger partial charge is 0.497 e. The summed E-state index contributed by atoms with van der Waals surface area (Å²) in [4.78, 5) is 17.0. The van der Waals surface area contributed by atoms with E-state index in [9.17, 15) is 4.79 Å². The van der Waals surface area contributed by atoms with Gasteiger partial charge >= 0.3 is 0 Å². The number of methoxy groups -OCH3 is 2. The minimum absolute atomic E-state index is 0.110. The lowest BCUT2D eigenvalue weighted by atomic mass is 10.3. The van der Waals surface area contributed by atoms with Gasteiger partial charge in [-0.3, -0.25) is 4.79 Å². The maximum atomic E-state index is 12.5. The van der Waals surface area contributed by atoms with Gasteiger partial charge in [0, 0.05) is 6.07 Å². The van der Waals surface area contributed by atoms with Crippen molar-refractivity contribution in [2.45, 2.75) is 12.1 Å². The molecule has 10 nitrogen and oxygen atoms in total. The standard InChI is InChI=1S/C20H20N6O4S2/c1-4-30-13-5-7-14-17(10-13)32-19(21-14)22-18(27)11-31-20-23-24-25-26(20)15-8-6-12(28-2)9-16(15)29-3/h5-10H,4,11H2,1-3H3,(H,21,22,27). The van der Waals surface area contributed by atoms with E-state index in [1.807, 2.05) is 25.1 Å². The number of rotatable bonds is 9. The van der Waals surface area contributed by atoms with Gasteiger partial charge in [-0.2, -0.15) is 4.68 Å². The lowest BCUT2D eigenvalue weighted by Gasteiger charge is -2.10. The van der Waals surface area contributed by atoms with E-state index in [1.54, 1.807) is 32.4 Å². The highest BCUT2D eigenvalue weighted by Crippen LogP contribution is 2.31. The van der Waals surface area contributed by atoms with Gasteiger partial charge in [-0.15, -0.1) is 5.10 Å². The number of hydrogen-bond acceptors (Lipinski definition) is 10. The quantitative estimate of drug-likeness (QED) is 0.366. The summed E-state index contributed by atoms with van der Waals surface area (Å²) in [6.07, 6.45) is 0. The predicted molar refractivity (Wildman–Crippen MR) is 122 cm³/mol. The Labute approximate surface area is 191 Å². The molecule has 0 saturated carbocycles. The number of thiazole rings is 1. The highest BCUT2D eigenvalue weighted by Gasteiger charge is 2.16. The van der Waals surface area contributed by atoms with E-state index in [0.717, 1.165) is 16.0 Å². The van der Waals surface area contributed by atoms with Gasteiger partial charge in [0.15, 0.2) is 5.13 Å². The van der Waals surface area contributed by atoms with E-state index in [4.69, 9.17) is 14.2 Å². The lowest BCUT2D eigenvalue weighted by molar-refractivity contribution is -0.113. The summed E-state index contributed by atoms with van der Waals surface area (Å²) in [5.74, 6) is 1.87. The third kappa shape index (κ3) is 4.75. The monoisotopic (exact) mass is 472 g/mol. The molecule has 0 aliphatic heterocycles. The summed E-state index contributed by atoms with van der Waals surface area (Å²) in [6, 6.07) is 11.0. The molecule has 1 N–H and O–H groups in total. The fourth-order valence-corrected chi connectivity index (χ4v) is 4.47. The summed E-state index contributed by atoms with van der Waals surface area (Å²) in [6.45, 7) is 2.52. The van der Waals surface area contributed by atoms with Crippen LogP contribution in [0.3, 0.4) is 0 Å². The Morgan fingerprint density at radius 1 is 1.16 bits per heavy atom. The van der Waals surface area contributed by atoms with Crippen LogP contribution in [0.25, 0.3) is 15.9 Å². The molecule has 2 aromatic carbocycles. The minimum Gasteiger partial charge on any atom is -0.497 e. The van der Waals surface area contributed by atoms with Crippen LogP contribution in [0.15, 0.2) is 41.6 Å². The molecule has 2 aromatic heterocycles. The Hall–Kier alpha value is -3.38. The number of thioether (sulfide) groups is 1. The predicted octanol–water partition coefficient (Wildman–Crippen LogP) is 3.42. The van der Waals surface area contributed by atoms with Crippen molar-refractivity contribution in [1.29, 1.82) is 0 Å². The van der Waals surface area contributed by atoms with E-state index in [0.29, 0.717) is 34.1 Å². The van der Waals surface area contributed by atoms with E-state index in [2.05, 4.69) is 25.8 Å². The topological polar surface area (TPSA) is 113 Å². The SMILES string of the molecule is CCOc1ccc2nc(NC(=O)CSc3nnnn3-c3ccc(OC)cc3OC)sc2c1. The summed E-state index contributed by atoms with van der Waals surface area (Å²) in [5, 5.41) is 15.6. The summed E-state index contributed by atoms with van der Waals surface area (Å²) < 4.78 is 18.6. The molecule has 1 amide bonds. The average molecular weight is 473 g/mol. The van der Waals surface area contributed by atoms with Gasteiger partial charge in [0.1, 0.15) is 22.9 Å². The van der Waals surface area contributed by atoms with Gasteiger partial charge in [0.25, 0.3) is 0 Å². The number of tetrazole rings is 1. The van der Waals surface area contributed by atoms with Crippen molar-refractivity contribution in [3.8, 4) is 22.9 Å². The van der Waals surface area contributed by atoms with Gasteiger partial charge in [-0.1, -0.05) is 23.1 Å². The second kappa shape index (κ2) is 9.83. The number of hydrogen-bond donors (Lipinski definition) is 1. The highest BCUT2D eigenvalue weighted by atomic mass is 32.2. The number of amides is 1. The van der Waals surface area contributed by atoms with Crippen LogP contribution in [0.2, 0.25) is 0 Å². The Kier molecular flexibility index (Phi) is 6.71. The molecule has 32 heavy (non-hydrogen) atoms. The maximum absolute atomic E-state index is 12.5. The molecule has 166 valence electrons. The van der Waals surface area contributed by atoms with Crippen molar-refractivity contribution in [1.82, 2.24) is 25.2 Å². The number of aromatic nitrogens is 5. The Bertz CT molecular complexity index is 1240. The van der Waals surface area contributed by atoms with Crippen LogP contribution in [0.1, 0.15) is 6.92 Å². The van der Waals surface area contributed by atoms with Crippen molar-refractivity contribution >= 4 is 44.4 Å². The first kappa shape index (κ1) is 21.8. The summed E-state index contributed by atoms with van der Waals surface area (Å²) >= 11 is 2.60. The lowest BCUT2D eigenvalue weighted by Crippen LogP contribution is -2.14. The normalized spacial score (nSPS) is 10.8. The number of nitrogens with zero attached hydrogens (tertiary/aromatic N) is 5. The summed E-state index contributed by atoms with van der Waals surface area (Å²) in [5.41, 5.74) is 1.44. The van der Waals surface area contributed by atoms with Crippen molar-refractivity contribution in [3.63, 3.8) is 0 Å². The van der Waals surface area contributed by atoms with Crippen LogP contribution in [0.4, 0.5) is 5.13 Å². The molecule has 0 fully saturated rings. The Morgan fingerprint density at radius 2 is 2.00 bits per heavy atom. The fraction of sp³-hybridized carbons (Fsp3) is 0.250. The number of nitrogens with one attached hydrogen (secondary N) is 1. The maximum Gasteiger partial charge on any atom is 0.236 e. The zero-order valence-corrected chi connectivity index (χ0v) is 19.2. The number of fused-ring (bicyclic) bond motifs is 1. The number of benzene rings is 2. The van der Waals surface area contributed by atoms with Crippen molar-refractivity contribution in [3.05, 3.63) is 36.4 Å². The van der Waals surface area contributed by atoms with E-state index in [-0.39, 0.29) is 11.7 Å². The fourth-order valence-electron chi connectivity index (χ4n) is 2.88. The second-order valence-electron chi connectivity index (χ2n) is 6.33. The van der Waals surface area contributed by atoms with Crippen LogP contribution in [0, 0.1) is 0 Å². The Morgan fingerprint density at radius 3 is 2.78 bits per heavy atom. The zero-order valence-electron chi connectivity index (χ0n) is 17.6. The van der Waals surface area contributed by atoms with Crippen LogP contribution >= 0.6 is 23.1 Å². The number of carbonyl (C=O) groups is 1. The molecule has 0 bridgehead atoms. The van der Waals surface area contributed by atoms with Crippen LogP contribution in [-0.2, 0) is 4.79 Å². The molecule has 0 atom stereocenters. The molecular formula is C20H20N6O4S2. The van der Waals surface area contributed by atoms with Crippen molar-refractivity contribution in [2.24, 2.45) is 0 Å². The molecular weight excluding hydrogens is 452 g/mol. The first-order valence-corrected chi connectivity index (χ1v) is 11.4.